The van der Waals surface area contributed by atoms with Crippen LogP contribution in [0.15, 0.2) is 29.2 Å². The number of ketones is 1. The third kappa shape index (κ3) is 2.66. The average Bonchev–Trinajstić information content (AvgIpc) is 2.39. The van der Waals surface area contributed by atoms with Crippen LogP contribution in [0.1, 0.15) is 23.2 Å². The predicted octanol–water partition coefficient (Wildman–Crippen LogP) is 2.59. The van der Waals surface area contributed by atoms with E-state index in [4.69, 9.17) is 0 Å². The van der Waals surface area contributed by atoms with E-state index in [9.17, 15) is 4.79 Å². The Bertz CT molecular complexity index is 372. The van der Waals surface area contributed by atoms with E-state index in [2.05, 4.69) is 5.32 Å². The van der Waals surface area contributed by atoms with Crippen molar-refractivity contribution in [2.75, 3.05) is 19.3 Å². The highest BCUT2D eigenvalue weighted by molar-refractivity contribution is 7.98. The van der Waals surface area contributed by atoms with Crippen LogP contribution in [0.4, 0.5) is 0 Å². The molecule has 1 N–H and O–H groups in total. The van der Waals surface area contributed by atoms with Gasteiger partial charge in [0.05, 0.1) is 0 Å². The quantitative estimate of drug-likeness (QED) is 0.645. The molecule has 3 heteroatoms. The molecule has 0 atom stereocenters. The Balaban J connectivity index is 2.12. The van der Waals surface area contributed by atoms with E-state index in [1.165, 1.54) is 4.90 Å². The van der Waals surface area contributed by atoms with Gasteiger partial charge in [-0.2, -0.15) is 0 Å². The van der Waals surface area contributed by atoms with Crippen molar-refractivity contribution < 1.29 is 4.79 Å². The zero-order chi connectivity index (χ0) is 11.4. The first-order valence-corrected chi connectivity index (χ1v) is 6.92. The Kier molecular flexibility index (Phi) is 4.02. The topological polar surface area (TPSA) is 29.1 Å². The van der Waals surface area contributed by atoms with Gasteiger partial charge in [0.2, 0.25) is 0 Å². The highest BCUT2D eigenvalue weighted by atomic mass is 32.2. The van der Waals surface area contributed by atoms with E-state index < -0.39 is 0 Å². The van der Waals surface area contributed by atoms with Crippen LogP contribution in [0.25, 0.3) is 0 Å². The van der Waals surface area contributed by atoms with Crippen LogP contribution >= 0.6 is 11.8 Å². The lowest BCUT2D eigenvalue weighted by molar-refractivity contribution is 0.0895. The van der Waals surface area contributed by atoms with Gasteiger partial charge in [-0.15, -0.1) is 11.8 Å². The largest absolute Gasteiger partial charge is 0.317 e. The third-order valence-electron chi connectivity index (χ3n) is 3.06. The Morgan fingerprint density at radius 2 is 2.12 bits per heavy atom. The van der Waals surface area contributed by atoms with Gasteiger partial charge in [0.1, 0.15) is 0 Å². The van der Waals surface area contributed by atoms with Crippen molar-refractivity contribution in [3.05, 3.63) is 29.8 Å². The highest BCUT2D eigenvalue weighted by Gasteiger charge is 2.21. The van der Waals surface area contributed by atoms with Gasteiger partial charge in [0.15, 0.2) is 5.78 Å². The number of nitrogens with one attached hydrogen (secondary N) is 1. The van der Waals surface area contributed by atoms with Crippen LogP contribution in [-0.4, -0.2) is 25.1 Å². The smallest absolute Gasteiger partial charge is 0.166 e. The Labute approximate surface area is 101 Å². The lowest BCUT2D eigenvalue weighted by atomic mass is 9.90. The van der Waals surface area contributed by atoms with Crippen molar-refractivity contribution in [2.24, 2.45) is 5.92 Å². The summed E-state index contributed by atoms with van der Waals surface area (Å²) in [5.74, 6) is 0.538. The second-order valence-corrected chi connectivity index (χ2v) is 5.00. The van der Waals surface area contributed by atoms with Crippen LogP contribution in [0.5, 0.6) is 0 Å². The molecule has 1 saturated heterocycles. The summed E-state index contributed by atoms with van der Waals surface area (Å²) in [6.45, 7) is 1.94. The standard InChI is InChI=1S/C13H17NOS/c1-16-12-4-2-3-11(9-12)13(15)10-5-7-14-8-6-10/h2-4,9-10,14H,5-8H2,1H3. The molecule has 0 aromatic heterocycles. The van der Waals surface area contributed by atoms with Gasteiger partial charge in [0, 0.05) is 16.4 Å². The Morgan fingerprint density at radius 1 is 1.38 bits per heavy atom. The summed E-state index contributed by atoms with van der Waals surface area (Å²) < 4.78 is 0. The fourth-order valence-electron chi connectivity index (χ4n) is 2.10. The molecule has 1 aliphatic heterocycles. The number of piperidine rings is 1. The molecule has 0 unspecified atom stereocenters. The second-order valence-electron chi connectivity index (χ2n) is 4.12. The summed E-state index contributed by atoms with van der Waals surface area (Å²) in [6.07, 6.45) is 3.98. The van der Waals surface area contributed by atoms with Gasteiger partial charge < -0.3 is 5.32 Å². The number of benzene rings is 1. The maximum Gasteiger partial charge on any atom is 0.166 e. The first-order valence-electron chi connectivity index (χ1n) is 5.70. The van der Waals surface area contributed by atoms with E-state index >= 15 is 0 Å². The number of carbonyl (C=O) groups is 1. The molecule has 0 spiro atoms. The average molecular weight is 235 g/mol. The molecule has 1 aromatic rings. The van der Waals surface area contributed by atoms with E-state index in [0.29, 0.717) is 5.78 Å². The summed E-state index contributed by atoms with van der Waals surface area (Å²) in [5.41, 5.74) is 0.874. The van der Waals surface area contributed by atoms with E-state index in [0.717, 1.165) is 31.5 Å². The lowest BCUT2D eigenvalue weighted by Crippen LogP contribution is -2.31. The molecule has 1 aliphatic rings. The van der Waals surface area contributed by atoms with Crippen molar-refractivity contribution in [1.82, 2.24) is 5.32 Å². The molecular formula is C13H17NOS. The minimum atomic E-state index is 0.221. The SMILES string of the molecule is CSc1cccc(C(=O)C2CCNCC2)c1. The second kappa shape index (κ2) is 5.51. The summed E-state index contributed by atoms with van der Waals surface area (Å²) >= 11 is 1.68. The summed E-state index contributed by atoms with van der Waals surface area (Å²) in [7, 11) is 0. The summed E-state index contributed by atoms with van der Waals surface area (Å²) in [5, 5.41) is 3.29. The maximum absolute atomic E-state index is 12.2. The van der Waals surface area contributed by atoms with E-state index in [1.54, 1.807) is 11.8 Å². The number of carbonyl (C=O) groups excluding carboxylic acids is 1. The molecular weight excluding hydrogens is 218 g/mol. The third-order valence-corrected chi connectivity index (χ3v) is 3.79. The Hall–Kier alpha value is -0.800. The zero-order valence-corrected chi connectivity index (χ0v) is 10.3. The van der Waals surface area contributed by atoms with Gasteiger partial charge in [0.25, 0.3) is 0 Å². The van der Waals surface area contributed by atoms with Crippen molar-refractivity contribution >= 4 is 17.5 Å². The van der Waals surface area contributed by atoms with Crippen molar-refractivity contribution in [2.45, 2.75) is 17.7 Å². The number of hydrogen-bond donors (Lipinski definition) is 1. The molecule has 0 saturated carbocycles. The van der Waals surface area contributed by atoms with E-state index in [1.807, 2.05) is 30.5 Å². The molecule has 2 nitrogen and oxygen atoms in total. The number of Topliss-reactive ketones (excluding diaryl/α,β-unsaturated/α-hetero) is 1. The van der Waals surface area contributed by atoms with Gasteiger partial charge in [-0.25, -0.2) is 0 Å². The molecule has 0 amide bonds. The van der Waals surface area contributed by atoms with Crippen molar-refractivity contribution in [3.63, 3.8) is 0 Å². The monoisotopic (exact) mass is 235 g/mol. The molecule has 1 fully saturated rings. The first-order chi connectivity index (χ1) is 7.81. The minimum Gasteiger partial charge on any atom is -0.317 e. The Morgan fingerprint density at radius 3 is 2.81 bits per heavy atom. The van der Waals surface area contributed by atoms with Crippen molar-refractivity contribution in [1.29, 1.82) is 0 Å². The summed E-state index contributed by atoms with van der Waals surface area (Å²) in [6, 6.07) is 7.96. The number of rotatable bonds is 3. The molecule has 2 rings (SSSR count). The highest BCUT2D eigenvalue weighted by Crippen LogP contribution is 2.21. The zero-order valence-electron chi connectivity index (χ0n) is 9.53. The molecule has 1 heterocycles. The van der Waals surface area contributed by atoms with Crippen molar-refractivity contribution in [3.8, 4) is 0 Å². The van der Waals surface area contributed by atoms with Crippen LogP contribution in [0.2, 0.25) is 0 Å². The van der Waals surface area contributed by atoms with Gasteiger partial charge >= 0.3 is 0 Å². The fraction of sp³-hybridized carbons (Fsp3) is 0.462. The van der Waals surface area contributed by atoms with Crippen LogP contribution in [-0.2, 0) is 0 Å². The minimum absolute atomic E-state index is 0.221. The lowest BCUT2D eigenvalue weighted by Gasteiger charge is -2.21. The first kappa shape index (κ1) is 11.7. The number of thioether (sulfide) groups is 1. The fourth-order valence-corrected chi connectivity index (χ4v) is 2.56. The number of hydrogen-bond acceptors (Lipinski definition) is 3. The van der Waals surface area contributed by atoms with Gasteiger partial charge in [-0.1, -0.05) is 12.1 Å². The predicted molar refractivity (Wildman–Crippen MR) is 68.1 cm³/mol. The molecule has 86 valence electrons. The molecule has 0 aliphatic carbocycles. The van der Waals surface area contributed by atoms with Crippen LogP contribution in [0, 0.1) is 5.92 Å². The molecule has 1 aromatic carbocycles. The van der Waals surface area contributed by atoms with Crippen LogP contribution < -0.4 is 5.32 Å². The van der Waals surface area contributed by atoms with E-state index in [-0.39, 0.29) is 5.92 Å². The molecule has 16 heavy (non-hydrogen) atoms. The maximum atomic E-state index is 12.2. The molecule has 0 radical (unpaired) electrons. The summed E-state index contributed by atoms with van der Waals surface area (Å²) in [4.78, 5) is 13.4. The van der Waals surface area contributed by atoms with Gasteiger partial charge in [-0.05, 0) is 44.3 Å². The normalized spacial score (nSPS) is 17.3. The van der Waals surface area contributed by atoms with Gasteiger partial charge in [-0.3, -0.25) is 4.79 Å². The molecule has 0 bridgehead atoms. The van der Waals surface area contributed by atoms with Crippen LogP contribution in [0.3, 0.4) is 0 Å².